The Balaban J connectivity index is 2.96. The maximum absolute atomic E-state index is 12.7. The number of halogens is 3. The lowest BCUT2D eigenvalue weighted by molar-refractivity contribution is -0.137. The van der Waals surface area contributed by atoms with E-state index in [0.717, 1.165) is 6.07 Å². The molecule has 0 heterocycles. The zero-order valence-corrected chi connectivity index (χ0v) is 9.75. The van der Waals surface area contributed by atoms with Crippen LogP contribution in [-0.2, 0) is 6.18 Å². The van der Waals surface area contributed by atoms with Crippen LogP contribution >= 0.6 is 0 Å². The van der Waals surface area contributed by atoms with Crippen molar-refractivity contribution in [1.29, 1.82) is 0 Å². The molecule has 0 bridgehead atoms. The highest BCUT2D eigenvalue weighted by atomic mass is 19.4. The van der Waals surface area contributed by atoms with Crippen LogP contribution in [0.4, 0.5) is 24.5 Å². The molecule has 0 aliphatic rings. The molecule has 0 aromatic heterocycles. The van der Waals surface area contributed by atoms with E-state index in [4.69, 9.17) is 10.8 Å². The quantitative estimate of drug-likeness (QED) is 0.621. The van der Waals surface area contributed by atoms with Gasteiger partial charge in [0.05, 0.1) is 12.2 Å². The molecule has 1 atom stereocenters. The summed E-state index contributed by atoms with van der Waals surface area (Å²) in [5.74, 6) is 0. The van der Waals surface area contributed by atoms with Crippen molar-refractivity contribution in [3.05, 3.63) is 23.8 Å². The lowest BCUT2D eigenvalue weighted by atomic mass is 10.1. The fourth-order valence-electron chi connectivity index (χ4n) is 1.29. The van der Waals surface area contributed by atoms with Crippen molar-refractivity contribution in [1.82, 2.24) is 0 Å². The lowest BCUT2D eigenvalue weighted by Gasteiger charge is -2.23. The minimum Gasteiger partial charge on any atom is -0.399 e. The maximum atomic E-state index is 12.7. The summed E-state index contributed by atoms with van der Waals surface area (Å²) in [5.41, 5.74) is 2.73. The van der Waals surface area contributed by atoms with Crippen LogP contribution in [0.1, 0.15) is 12.5 Å². The molecule has 0 fully saturated rings. The van der Waals surface area contributed by atoms with Gasteiger partial charge in [-0.3, -0.25) is 0 Å². The van der Waals surface area contributed by atoms with E-state index in [0.29, 0.717) is 0 Å². The number of aliphatic hydroxyl groups excluding tert-OH is 1. The molecule has 0 saturated heterocycles. The zero-order chi connectivity index (χ0) is 14.0. The van der Waals surface area contributed by atoms with Crippen LogP contribution in [0.5, 0.6) is 0 Å². The van der Waals surface area contributed by atoms with Gasteiger partial charge in [0.1, 0.15) is 5.60 Å². The predicted octanol–water partition coefficient (Wildman–Crippen LogP) is 1.44. The van der Waals surface area contributed by atoms with E-state index in [1.165, 1.54) is 19.1 Å². The predicted molar refractivity (Wildman–Crippen MR) is 62.1 cm³/mol. The van der Waals surface area contributed by atoms with Gasteiger partial charge in [0.15, 0.2) is 0 Å². The molecule has 102 valence electrons. The molecule has 1 aromatic rings. The molecule has 1 aromatic carbocycles. The molecule has 7 heteroatoms. The summed E-state index contributed by atoms with van der Waals surface area (Å²) in [6, 6.07) is 3.33. The first-order chi connectivity index (χ1) is 8.15. The SMILES string of the molecule is CC(O)(CO)CNc1ccc(N)cc1C(F)(F)F. The van der Waals surface area contributed by atoms with Gasteiger partial charge < -0.3 is 21.3 Å². The molecular formula is C11H15F3N2O2. The molecule has 0 spiro atoms. The Labute approximate surface area is 102 Å². The van der Waals surface area contributed by atoms with Gasteiger partial charge in [-0.25, -0.2) is 0 Å². The van der Waals surface area contributed by atoms with Crippen LogP contribution < -0.4 is 11.1 Å². The van der Waals surface area contributed by atoms with Crippen molar-refractivity contribution in [3.8, 4) is 0 Å². The molecule has 0 saturated carbocycles. The van der Waals surface area contributed by atoms with Crippen LogP contribution in [-0.4, -0.2) is 29.0 Å². The van der Waals surface area contributed by atoms with Crippen molar-refractivity contribution in [2.45, 2.75) is 18.7 Å². The maximum Gasteiger partial charge on any atom is 0.418 e. The monoisotopic (exact) mass is 264 g/mol. The molecule has 18 heavy (non-hydrogen) atoms. The van der Waals surface area contributed by atoms with Crippen LogP contribution in [0.2, 0.25) is 0 Å². The summed E-state index contributed by atoms with van der Waals surface area (Å²) in [5, 5.41) is 20.8. The molecule has 1 rings (SSSR count). The number of hydrogen-bond acceptors (Lipinski definition) is 4. The smallest absolute Gasteiger partial charge is 0.399 e. The lowest BCUT2D eigenvalue weighted by Crippen LogP contribution is -2.37. The number of nitrogen functional groups attached to an aromatic ring is 1. The normalized spacial score (nSPS) is 15.2. The topological polar surface area (TPSA) is 78.5 Å². The van der Waals surface area contributed by atoms with E-state index in [1.807, 2.05) is 0 Å². The molecular weight excluding hydrogens is 249 g/mol. The van der Waals surface area contributed by atoms with E-state index in [1.54, 1.807) is 0 Å². The van der Waals surface area contributed by atoms with Crippen molar-refractivity contribution >= 4 is 11.4 Å². The minimum absolute atomic E-state index is 0.00166. The number of aliphatic hydroxyl groups is 2. The summed E-state index contributed by atoms with van der Waals surface area (Å²) in [6.07, 6.45) is -4.54. The number of hydrogen-bond donors (Lipinski definition) is 4. The highest BCUT2D eigenvalue weighted by Crippen LogP contribution is 2.36. The number of benzene rings is 1. The highest BCUT2D eigenvalue weighted by Gasteiger charge is 2.34. The molecule has 0 radical (unpaired) electrons. The van der Waals surface area contributed by atoms with E-state index in [-0.39, 0.29) is 17.9 Å². The second-order valence-corrected chi connectivity index (χ2v) is 4.31. The van der Waals surface area contributed by atoms with Gasteiger partial charge >= 0.3 is 6.18 Å². The Hall–Kier alpha value is -1.47. The standard InChI is InChI=1S/C11H15F3N2O2/c1-10(18,6-17)5-16-9-3-2-7(15)4-8(9)11(12,13)14/h2-4,16-18H,5-6,15H2,1H3. The number of nitrogens with two attached hydrogens (primary N) is 1. The summed E-state index contributed by atoms with van der Waals surface area (Å²) >= 11 is 0. The second kappa shape index (κ2) is 5.03. The van der Waals surface area contributed by atoms with Crippen LogP contribution in [0.25, 0.3) is 0 Å². The fraction of sp³-hybridized carbons (Fsp3) is 0.455. The first-order valence-corrected chi connectivity index (χ1v) is 5.19. The number of rotatable bonds is 4. The third-order valence-electron chi connectivity index (χ3n) is 2.35. The molecule has 0 aliphatic heterocycles. The molecule has 5 N–H and O–H groups in total. The molecule has 0 amide bonds. The van der Waals surface area contributed by atoms with E-state index in [9.17, 15) is 18.3 Å². The number of nitrogens with one attached hydrogen (secondary N) is 1. The second-order valence-electron chi connectivity index (χ2n) is 4.31. The largest absolute Gasteiger partial charge is 0.418 e. The number of alkyl halides is 3. The Kier molecular flexibility index (Phi) is 4.08. The summed E-state index contributed by atoms with van der Waals surface area (Å²) in [7, 11) is 0. The third-order valence-corrected chi connectivity index (χ3v) is 2.35. The van der Waals surface area contributed by atoms with Gasteiger partial charge in [0, 0.05) is 17.9 Å². The van der Waals surface area contributed by atoms with Gasteiger partial charge in [-0.1, -0.05) is 0 Å². The van der Waals surface area contributed by atoms with E-state index < -0.39 is 23.9 Å². The molecule has 4 nitrogen and oxygen atoms in total. The summed E-state index contributed by atoms with van der Waals surface area (Å²) in [6.45, 7) is 0.539. The van der Waals surface area contributed by atoms with E-state index in [2.05, 4.69) is 5.32 Å². The van der Waals surface area contributed by atoms with Crippen molar-refractivity contribution in [2.24, 2.45) is 0 Å². The highest BCUT2D eigenvalue weighted by molar-refractivity contribution is 5.59. The third kappa shape index (κ3) is 3.78. The molecule has 1 unspecified atom stereocenters. The Morgan fingerprint density at radius 1 is 1.33 bits per heavy atom. The van der Waals surface area contributed by atoms with Crippen LogP contribution in [0, 0.1) is 0 Å². The van der Waals surface area contributed by atoms with Crippen molar-refractivity contribution in [2.75, 3.05) is 24.2 Å². The summed E-state index contributed by atoms with van der Waals surface area (Å²) in [4.78, 5) is 0. The number of anilines is 2. The average Bonchev–Trinajstić information content (AvgIpc) is 2.26. The first kappa shape index (κ1) is 14.6. The van der Waals surface area contributed by atoms with Gasteiger partial charge in [0.2, 0.25) is 0 Å². The fourth-order valence-corrected chi connectivity index (χ4v) is 1.29. The van der Waals surface area contributed by atoms with Crippen molar-refractivity contribution < 1.29 is 23.4 Å². The first-order valence-electron chi connectivity index (χ1n) is 5.19. The van der Waals surface area contributed by atoms with Gasteiger partial charge in [-0.15, -0.1) is 0 Å². The minimum atomic E-state index is -4.54. The van der Waals surface area contributed by atoms with Gasteiger partial charge in [-0.2, -0.15) is 13.2 Å². The van der Waals surface area contributed by atoms with Gasteiger partial charge in [-0.05, 0) is 25.1 Å². The van der Waals surface area contributed by atoms with Crippen LogP contribution in [0.3, 0.4) is 0 Å². The van der Waals surface area contributed by atoms with Crippen molar-refractivity contribution in [3.63, 3.8) is 0 Å². The Morgan fingerprint density at radius 2 is 1.94 bits per heavy atom. The Morgan fingerprint density at radius 3 is 2.44 bits per heavy atom. The zero-order valence-electron chi connectivity index (χ0n) is 9.75. The summed E-state index contributed by atoms with van der Waals surface area (Å²) < 4.78 is 38.2. The van der Waals surface area contributed by atoms with Crippen LogP contribution in [0.15, 0.2) is 18.2 Å². The molecule has 0 aliphatic carbocycles. The average molecular weight is 264 g/mol. The van der Waals surface area contributed by atoms with E-state index >= 15 is 0 Å². The van der Waals surface area contributed by atoms with Gasteiger partial charge in [0.25, 0.3) is 0 Å². The Bertz CT molecular complexity index is 419.